The summed E-state index contributed by atoms with van der Waals surface area (Å²) in [5, 5.41) is 2.96. The standard InChI is InChI=1S/C18H14BrF3N4.CH4/c1-10-2-5-12(19)8-14(10)15-9-16(26-17(23)25-15)24-13-6-3-11(4-7-13)18(20,21)22;/h2-9H,1H3,(H3,23,24,25,26);1H4. The van der Waals surface area contributed by atoms with Gasteiger partial charge in [0.25, 0.3) is 0 Å². The maximum Gasteiger partial charge on any atom is 0.416 e. The average Bonchev–Trinajstić information content (AvgIpc) is 2.56. The van der Waals surface area contributed by atoms with Crippen molar-refractivity contribution in [2.24, 2.45) is 0 Å². The van der Waals surface area contributed by atoms with Crippen LogP contribution in [0.2, 0.25) is 0 Å². The van der Waals surface area contributed by atoms with Crippen LogP contribution in [0, 0.1) is 6.92 Å². The molecule has 27 heavy (non-hydrogen) atoms. The van der Waals surface area contributed by atoms with Crippen molar-refractivity contribution in [3.05, 3.63) is 64.1 Å². The lowest BCUT2D eigenvalue weighted by atomic mass is 10.1. The summed E-state index contributed by atoms with van der Waals surface area (Å²) in [7, 11) is 0. The van der Waals surface area contributed by atoms with E-state index < -0.39 is 11.7 Å². The summed E-state index contributed by atoms with van der Waals surface area (Å²) in [6.07, 6.45) is -4.37. The number of rotatable bonds is 3. The molecule has 0 unspecified atom stereocenters. The number of aromatic nitrogens is 2. The monoisotopic (exact) mass is 438 g/mol. The predicted molar refractivity (Wildman–Crippen MR) is 106 cm³/mol. The Morgan fingerprint density at radius 3 is 2.30 bits per heavy atom. The molecule has 2 aromatic carbocycles. The largest absolute Gasteiger partial charge is 0.416 e. The summed E-state index contributed by atoms with van der Waals surface area (Å²) < 4.78 is 38.8. The fourth-order valence-corrected chi connectivity index (χ4v) is 2.79. The van der Waals surface area contributed by atoms with Gasteiger partial charge in [0.2, 0.25) is 5.95 Å². The zero-order chi connectivity index (χ0) is 18.9. The molecule has 0 radical (unpaired) electrons. The van der Waals surface area contributed by atoms with E-state index in [1.807, 2.05) is 25.1 Å². The van der Waals surface area contributed by atoms with Gasteiger partial charge in [0.15, 0.2) is 0 Å². The fourth-order valence-electron chi connectivity index (χ4n) is 2.43. The number of alkyl halides is 3. The number of aryl methyl sites for hydroxylation is 1. The molecule has 0 amide bonds. The van der Waals surface area contributed by atoms with E-state index in [1.165, 1.54) is 12.1 Å². The van der Waals surface area contributed by atoms with Crippen LogP contribution in [-0.4, -0.2) is 9.97 Å². The zero-order valence-electron chi connectivity index (χ0n) is 13.6. The lowest BCUT2D eigenvalue weighted by Crippen LogP contribution is -2.05. The van der Waals surface area contributed by atoms with Crippen molar-refractivity contribution < 1.29 is 13.2 Å². The molecule has 0 spiro atoms. The van der Waals surface area contributed by atoms with Crippen LogP contribution in [0.15, 0.2) is 53.0 Å². The highest BCUT2D eigenvalue weighted by Gasteiger charge is 2.29. The molecule has 0 fully saturated rings. The average molecular weight is 439 g/mol. The Bertz CT molecular complexity index is 941. The van der Waals surface area contributed by atoms with Crippen LogP contribution >= 0.6 is 15.9 Å². The van der Waals surface area contributed by atoms with Gasteiger partial charge in [-0.05, 0) is 48.9 Å². The normalized spacial score (nSPS) is 11.0. The number of nitrogens with two attached hydrogens (primary N) is 1. The Labute approximate surface area is 163 Å². The molecule has 3 aromatic rings. The summed E-state index contributed by atoms with van der Waals surface area (Å²) in [5.74, 6) is 0.461. The van der Waals surface area contributed by atoms with E-state index >= 15 is 0 Å². The lowest BCUT2D eigenvalue weighted by molar-refractivity contribution is -0.137. The van der Waals surface area contributed by atoms with Crippen LogP contribution in [0.3, 0.4) is 0 Å². The molecule has 3 N–H and O–H groups in total. The van der Waals surface area contributed by atoms with E-state index in [1.54, 1.807) is 6.07 Å². The van der Waals surface area contributed by atoms with Crippen molar-refractivity contribution in [2.45, 2.75) is 20.5 Å². The molecule has 4 nitrogen and oxygen atoms in total. The third kappa shape index (κ3) is 4.97. The maximum absolute atomic E-state index is 12.6. The highest BCUT2D eigenvalue weighted by Crippen LogP contribution is 2.31. The van der Waals surface area contributed by atoms with E-state index in [2.05, 4.69) is 31.2 Å². The van der Waals surface area contributed by atoms with Gasteiger partial charge in [-0.1, -0.05) is 29.4 Å². The quantitative estimate of drug-likeness (QED) is 0.511. The molecule has 1 aromatic heterocycles. The molecule has 3 rings (SSSR count). The second-order valence-electron chi connectivity index (χ2n) is 5.66. The number of anilines is 3. The van der Waals surface area contributed by atoms with Crippen LogP contribution in [0.1, 0.15) is 18.6 Å². The van der Waals surface area contributed by atoms with Crippen molar-refractivity contribution in [2.75, 3.05) is 11.1 Å². The summed E-state index contributed by atoms with van der Waals surface area (Å²) >= 11 is 3.42. The van der Waals surface area contributed by atoms with Gasteiger partial charge in [-0.3, -0.25) is 0 Å². The summed E-state index contributed by atoms with van der Waals surface area (Å²) in [6, 6.07) is 12.2. The predicted octanol–water partition coefficient (Wildman–Crippen LogP) is 6.20. The first kappa shape index (κ1) is 20.7. The molecule has 0 saturated carbocycles. The topological polar surface area (TPSA) is 63.8 Å². The Morgan fingerprint density at radius 2 is 1.67 bits per heavy atom. The van der Waals surface area contributed by atoms with Gasteiger partial charge in [-0.25, -0.2) is 4.98 Å². The van der Waals surface area contributed by atoms with Gasteiger partial charge in [0.05, 0.1) is 11.3 Å². The lowest BCUT2D eigenvalue weighted by Gasteiger charge is -2.11. The summed E-state index contributed by atoms with van der Waals surface area (Å²) in [6.45, 7) is 1.95. The van der Waals surface area contributed by atoms with Gasteiger partial charge in [0, 0.05) is 21.8 Å². The second-order valence-corrected chi connectivity index (χ2v) is 6.57. The molecule has 0 aliphatic heterocycles. The maximum atomic E-state index is 12.6. The minimum absolute atomic E-state index is 0. The molecule has 0 saturated heterocycles. The summed E-state index contributed by atoms with van der Waals surface area (Å²) in [4.78, 5) is 8.35. The second kappa shape index (κ2) is 7.96. The molecular weight excluding hydrogens is 421 g/mol. The molecule has 0 bridgehead atoms. The molecule has 1 heterocycles. The van der Waals surface area contributed by atoms with Gasteiger partial charge in [-0.2, -0.15) is 18.2 Å². The minimum Gasteiger partial charge on any atom is -0.368 e. The van der Waals surface area contributed by atoms with Crippen molar-refractivity contribution in [3.8, 4) is 11.3 Å². The highest BCUT2D eigenvalue weighted by atomic mass is 79.9. The van der Waals surface area contributed by atoms with Crippen molar-refractivity contribution in [3.63, 3.8) is 0 Å². The molecule has 0 atom stereocenters. The number of nitrogens with zero attached hydrogens (tertiary/aromatic N) is 2. The third-order valence-electron chi connectivity index (χ3n) is 3.70. The third-order valence-corrected chi connectivity index (χ3v) is 4.20. The van der Waals surface area contributed by atoms with Crippen molar-refractivity contribution in [1.29, 1.82) is 0 Å². The first-order chi connectivity index (χ1) is 12.2. The highest BCUT2D eigenvalue weighted by molar-refractivity contribution is 9.10. The van der Waals surface area contributed by atoms with Gasteiger partial charge < -0.3 is 11.1 Å². The van der Waals surface area contributed by atoms with Crippen LogP contribution in [-0.2, 0) is 6.18 Å². The van der Waals surface area contributed by atoms with E-state index in [0.29, 0.717) is 17.2 Å². The SMILES string of the molecule is C.Cc1ccc(Br)cc1-c1cc(Nc2ccc(C(F)(F)F)cc2)nc(N)n1. The summed E-state index contributed by atoms with van der Waals surface area (Å²) in [5.41, 5.74) is 8.05. The van der Waals surface area contributed by atoms with Crippen molar-refractivity contribution >= 4 is 33.4 Å². The molecule has 0 aliphatic carbocycles. The van der Waals surface area contributed by atoms with Gasteiger partial charge >= 0.3 is 6.18 Å². The van der Waals surface area contributed by atoms with E-state index in [-0.39, 0.29) is 13.4 Å². The molecule has 0 aliphatic rings. The Morgan fingerprint density at radius 1 is 1.00 bits per heavy atom. The number of hydrogen-bond acceptors (Lipinski definition) is 4. The smallest absolute Gasteiger partial charge is 0.368 e. The first-order valence-electron chi connectivity index (χ1n) is 7.58. The molecule has 142 valence electrons. The van der Waals surface area contributed by atoms with Crippen LogP contribution in [0.4, 0.5) is 30.6 Å². The molecular formula is C19H18BrF3N4. The molecule has 8 heteroatoms. The number of benzene rings is 2. The Kier molecular flexibility index (Phi) is 6.10. The number of nitrogen functional groups attached to an aromatic ring is 1. The van der Waals surface area contributed by atoms with Crippen LogP contribution in [0.25, 0.3) is 11.3 Å². The fraction of sp³-hybridized carbons (Fsp3) is 0.158. The first-order valence-corrected chi connectivity index (χ1v) is 8.37. The number of halogens is 4. The zero-order valence-corrected chi connectivity index (χ0v) is 15.2. The van der Waals surface area contributed by atoms with Gasteiger partial charge in [0.1, 0.15) is 5.82 Å². The van der Waals surface area contributed by atoms with E-state index in [0.717, 1.165) is 27.7 Å². The Hall–Kier alpha value is -2.61. The van der Waals surface area contributed by atoms with Crippen molar-refractivity contribution in [1.82, 2.24) is 9.97 Å². The van der Waals surface area contributed by atoms with E-state index in [9.17, 15) is 13.2 Å². The van der Waals surface area contributed by atoms with Crippen LogP contribution < -0.4 is 11.1 Å². The minimum atomic E-state index is -4.37. The number of hydrogen-bond donors (Lipinski definition) is 2. The van der Waals surface area contributed by atoms with Gasteiger partial charge in [-0.15, -0.1) is 0 Å². The van der Waals surface area contributed by atoms with E-state index in [4.69, 9.17) is 5.73 Å². The number of nitrogens with one attached hydrogen (secondary N) is 1. The Balaban J connectivity index is 0.00000261. The van der Waals surface area contributed by atoms with Crippen LogP contribution in [0.5, 0.6) is 0 Å².